The fraction of sp³-hybridized carbons (Fsp3) is 0.368. The lowest BCUT2D eigenvalue weighted by Crippen LogP contribution is -2.27. The molecular formula is C19H26N4O. The number of pyridine rings is 1. The van der Waals surface area contributed by atoms with Gasteiger partial charge >= 0.3 is 0 Å². The Morgan fingerprint density at radius 3 is 2.67 bits per heavy atom. The molecule has 5 heteroatoms. The molecule has 128 valence electrons. The number of carbonyl (C=O) groups excluding carboxylic acids is 1. The quantitative estimate of drug-likeness (QED) is 0.732. The van der Waals surface area contributed by atoms with E-state index in [1.807, 2.05) is 43.3 Å². The molecule has 2 N–H and O–H groups in total. The van der Waals surface area contributed by atoms with Crippen molar-refractivity contribution in [2.24, 2.45) is 0 Å². The molecule has 0 spiro atoms. The van der Waals surface area contributed by atoms with Crippen molar-refractivity contribution in [2.75, 3.05) is 32.5 Å². The molecule has 2 rings (SSSR count). The molecule has 24 heavy (non-hydrogen) atoms. The van der Waals surface area contributed by atoms with Gasteiger partial charge in [-0.05, 0) is 51.7 Å². The third-order valence-electron chi connectivity index (χ3n) is 3.75. The zero-order valence-electron chi connectivity index (χ0n) is 14.6. The van der Waals surface area contributed by atoms with Crippen LogP contribution in [0.15, 0.2) is 48.7 Å². The van der Waals surface area contributed by atoms with E-state index in [-0.39, 0.29) is 11.9 Å². The fourth-order valence-electron chi connectivity index (χ4n) is 2.39. The summed E-state index contributed by atoms with van der Waals surface area (Å²) in [6.45, 7) is 3.86. The molecule has 0 bridgehead atoms. The number of hydrogen-bond acceptors (Lipinski definition) is 4. The number of nitrogens with one attached hydrogen (secondary N) is 2. The van der Waals surface area contributed by atoms with Gasteiger partial charge in [-0.15, -0.1) is 0 Å². The Kier molecular flexibility index (Phi) is 6.75. The highest BCUT2D eigenvalue weighted by Gasteiger charge is 2.12. The molecule has 0 aliphatic carbocycles. The van der Waals surface area contributed by atoms with Crippen molar-refractivity contribution in [3.05, 3.63) is 59.9 Å². The van der Waals surface area contributed by atoms with E-state index in [9.17, 15) is 4.79 Å². The summed E-state index contributed by atoms with van der Waals surface area (Å²) >= 11 is 0. The van der Waals surface area contributed by atoms with Crippen LogP contribution in [0.3, 0.4) is 0 Å². The number of carbonyl (C=O) groups is 1. The van der Waals surface area contributed by atoms with Gasteiger partial charge < -0.3 is 15.5 Å². The highest BCUT2D eigenvalue weighted by atomic mass is 16.1. The third-order valence-corrected chi connectivity index (χ3v) is 3.75. The van der Waals surface area contributed by atoms with Crippen LogP contribution in [-0.4, -0.2) is 43.0 Å². The second-order valence-corrected chi connectivity index (χ2v) is 6.12. The summed E-state index contributed by atoms with van der Waals surface area (Å²) in [4.78, 5) is 18.7. The van der Waals surface area contributed by atoms with Crippen LogP contribution in [0.5, 0.6) is 0 Å². The summed E-state index contributed by atoms with van der Waals surface area (Å²) in [5.74, 6) is -0.164. The van der Waals surface area contributed by atoms with E-state index in [4.69, 9.17) is 0 Å². The minimum Gasteiger partial charge on any atom is -0.385 e. The minimum absolute atomic E-state index is 0.0581. The second-order valence-electron chi connectivity index (χ2n) is 6.12. The SMILES string of the molecule is CC(NC(=O)c1cc(NCCCN(C)C)ccn1)c1ccccc1. The van der Waals surface area contributed by atoms with Crippen molar-refractivity contribution in [1.29, 1.82) is 0 Å². The van der Waals surface area contributed by atoms with E-state index in [1.165, 1.54) is 0 Å². The van der Waals surface area contributed by atoms with Gasteiger partial charge in [0.05, 0.1) is 6.04 Å². The Hall–Kier alpha value is -2.40. The summed E-state index contributed by atoms with van der Waals surface area (Å²) in [6.07, 6.45) is 2.71. The molecule has 1 atom stereocenters. The van der Waals surface area contributed by atoms with Gasteiger partial charge in [-0.2, -0.15) is 0 Å². The zero-order valence-corrected chi connectivity index (χ0v) is 14.6. The Morgan fingerprint density at radius 1 is 1.21 bits per heavy atom. The van der Waals surface area contributed by atoms with Crippen LogP contribution in [0.25, 0.3) is 0 Å². The highest BCUT2D eigenvalue weighted by molar-refractivity contribution is 5.93. The molecule has 1 aromatic carbocycles. The predicted octanol–water partition coefficient (Wildman–Crippen LogP) is 2.94. The maximum absolute atomic E-state index is 12.4. The van der Waals surface area contributed by atoms with Crippen LogP contribution < -0.4 is 10.6 Å². The van der Waals surface area contributed by atoms with Gasteiger partial charge in [0.15, 0.2) is 0 Å². The van der Waals surface area contributed by atoms with Crippen LogP contribution in [0.2, 0.25) is 0 Å². The largest absolute Gasteiger partial charge is 0.385 e. The average molecular weight is 326 g/mol. The smallest absolute Gasteiger partial charge is 0.270 e. The van der Waals surface area contributed by atoms with E-state index < -0.39 is 0 Å². The normalized spacial score (nSPS) is 12.0. The van der Waals surface area contributed by atoms with Gasteiger partial charge in [-0.1, -0.05) is 30.3 Å². The molecule has 1 unspecified atom stereocenters. The van der Waals surface area contributed by atoms with Gasteiger partial charge in [0.2, 0.25) is 0 Å². The first-order valence-corrected chi connectivity index (χ1v) is 8.26. The first-order valence-electron chi connectivity index (χ1n) is 8.26. The predicted molar refractivity (Wildman–Crippen MR) is 98.2 cm³/mol. The molecule has 5 nitrogen and oxygen atoms in total. The standard InChI is InChI=1S/C19H26N4O/c1-15(16-8-5-4-6-9-16)22-19(24)18-14-17(10-12-21-18)20-11-7-13-23(2)3/h4-6,8-10,12,14-15H,7,11,13H2,1-3H3,(H,20,21)(H,22,24). The minimum atomic E-state index is -0.164. The molecule has 0 radical (unpaired) electrons. The molecule has 0 aliphatic heterocycles. The Morgan fingerprint density at radius 2 is 1.96 bits per heavy atom. The molecular weight excluding hydrogens is 300 g/mol. The lowest BCUT2D eigenvalue weighted by atomic mass is 10.1. The van der Waals surface area contributed by atoms with E-state index in [1.54, 1.807) is 12.3 Å². The molecule has 1 heterocycles. The van der Waals surface area contributed by atoms with Crippen molar-refractivity contribution >= 4 is 11.6 Å². The van der Waals surface area contributed by atoms with Crippen LogP contribution >= 0.6 is 0 Å². The lowest BCUT2D eigenvalue weighted by Gasteiger charge is -2.14. The van der Waals surface area contributed by atoms with E-state index in [0.29, 0.717) is 5.69 Å². The Labute approximate surface area is 144 Å². The topological polar surface area (TPSA) is 57.3 Å². The van der Waals surface area contributed by atoms with Gasteiger partial charge in [0, 0.05) is 18.4 Å². The van der Waals surface area contributed by atoms with E-state index >= 15 is 0 Å². The molecule has 0 saturated heterocycles. The van der Waals surface area contributed by atoms with Crippen molar-refractivity contribution in [3.63, 3.8) is 0 Å². The van der Waals surface area contributed by atoms with E-state index in [2.05, 4.69) is 34.6 Å². The zero-order chi connectivity index (χ0) is 17.4. The van der Waals surface area contributed by atoms with Crippen molar-refractivity contribution in [3.8, 4) is 0 Å². The number of benzene rings is 1. The molecule has 0 aliphatic rings. The van der Waals surface area contributed by atoms with Gasteiger partial charge in [-0.25, -0.2) is 0 Å². The molecule has 2 aromatic rings. The number of aromatic nitrogens is 1. The van der Waals surface area contributed by atoms with Crippen LogP contribution in [0.4, 0.5) is 5.69 Å². The summed E-state index contributed by atoms with van der Waals surface area (Å²) < 4.78 is 0. The van der Waals surface area contributed by atoms with Crippen molar-refractivity contribution in [1.82, 2.24) is 15.2 Å². The maximum atomic E-state index is 12.4. The van der Waals surface area contributed by atoms with Crippen LogP contribution in [-0.2, 0) is 0 Å². The average Bonchev–Trinajstić information content (AvgIpc) is 2.59. The molecule has 0 saturated carbocycles. The molecule has 1 aromatic heterocycles. The van der Waals surface area contributed by atoms with Gasteiger partial charge in [0.25, 0.3) is 5.91 Å². The van der Waals surface area contributed by atoms with Gasteiger partial charge in [-0.3, -0.25) is 9.78 Å². The number of nitrogens with zero attached hydrogens (tertiary/aromatic N) is 2. The second kappa shape index (κ2) is 9.03. The van der Waals surface area contributed by atoms with Crippen LogP contribution in [0, 0.1) is 0 Å². The van der Waals surface area contributed by atoms with Gasteiger partial charge in [0.1, 0.15) is 5.69 Å². The molecule has 1 amide bonds. The highest BCUT2D eigenvalue weighted by Crippen LogP contribution is 2.13. The number of hydrogen-bond donors (Lipinski definition) is 2. The third kappa shape index (κ3) is 5.66. The summed E-state index contributed by atoms with van der Waals surface area (Å²) in [5.41, 5.74) is 2.42. The molecule has 0 fully saturated rings. The van der Waals surface area contributed by atoms with Crippen LogP contribution in [0.1, 0.15) is 35.4 Å². The van der Waals surface area contributed by atoms with Crippen molar-refractivity contribution < 1.29 is 4.79 Å². The lowest BCUT2D eigenvalue weighted by molar-refractivity contribution is 0.0935. The number of rotatable bonds is 8. The number of anilines is 1. The van der Waals surface area contributed by atoms with E-state index in [0.717, 1.165) is 30.8 Å². The first-order chi connectivity index (χ1) is 11.6. The summed E-state index contributed by atoms with van der Waals surface area (Å²) in [6, 6.07) is 13.5. The monoisotopic (exact) mass is 326 g/mol. The van der Waals surface area contributed by atoms with Crippen molar-refractivity contribution in [2.45, 2.75) is 19.4 Å². The Bertz CT molecular complexity index is 643. The summed E-state index contributed by atoms with van der Waals surface area (Å²) in [5, 5.41) is 6.32. The fourth-order valence-corrected chi connectivity index (χ4v) is 2.39. The maximum Gasteiger partial charge on any atom is 0.270 e. The first kappa shape index (κ1) is 17.9. The Balaban J connectivity index is 1.91. The summed E-state index contributed by atoms with van der Waals surface area (Å²) in [7, 11) is 4.12. The number of amides is 1.